The largest absolute Gasteiger partial charge is 0.493 e. The number of hydrogen-bond donors (Lipinski definition) is 0. The minimum absolute atomic E-state index is 0.262. The Kier molecular flexibility index (Phi) is 5.40. The van der Waals surface area contributed by atoms with E-state index >= 15 is 0 Å². The van der Waals surface area contributed by atoms with Crippen molar-refractivity contribution < 1.29 is 23.7 Å². The fourth-order valence-electron chi connectivity index (χ4n) is 3.59. The molecule has 6 heteroatoms. The van der Waals surface area contributed by atoms with Gasteiger partial charge in [-0.3, -0.25) is 4.99 Å². The molecule has 150 valence electrons. The molecular weight excluding hydrogens is 358 g/mol. The molecule has 28 heavy (non-hydrogen) atoms. The summed E-state index contributed by atoms with van der Waals surface area (Å²) in [6, 6.07) is 7.85. The first-order valence-corrected chi connectivity index (χ1v) is 9.03. The van der Waals surface area contributed by atoms with Crippen LogP contribution in [0.2, 0.25) is 0 Å². The first-order chi connectivity index (χ1) is 13.4. The van der Waals surface area contributed by atoms with Crippen molar-refractivity contribution in [1.29, 1.82) is 0 Å². The third-order valence-corrected chi connectivity index (χ3v) is 4.84. The summed E-state index contributed by atoms with van der Waals surface area (Å²) in [4.78, 5) is 5.03. The van der Waals surface area contributed by atoms with Crippen molar-refractivity contribution in [3.8, 4) is 28.7 Å². The fraction of sp³-hybridized carbons (Fsp3) is 0.409. The highest BCUT2D eigenvalue weighted by molar-refractivity contribution is 6.15. The molecule has 0 radical (unpaired) electrons. The minimum Gasteiger partial charge on any atom is -0.493 e. The van der Waals surface area contributed by atoms with E-state index in [1.54, 1.807) is 35.5 Å². The second-order valence-electron chi connectivity index (χ2n) is 7.23. The summed E-state index contributed by atoms with van der Waals surface area (Å²) in [5, 5.41) is 0. The lowest BCUT2D eigenvalue weighted by Gasteiger charge is -2.30. The Bertz CT molecular complexity index is 892. The smallest absolute Gasteiger partial charge is 0.203 e. The minimum atomic E-state index is -0.262. The normalized spacial score (nSPS) is 14.6. The molecule has 0 unspecified atom stereocenters. The predicted octanol–water partition coefficient (Wildman–Crippen LogP) is 3.90. The molecule has 1 aliphatic rings. The third kappa shape index (κ3) is 3.46. The number of aliphatic imine (C=N–C) groups is 1. The number of fused-ring (bicyclic) bond motifs is 1. The number of rotatable bonds is 6. The van der Waals surface area contributed by atoms with Gasteiger partial charge in [-0.15, -0.1) is 0 Å². The van der Waals surface area contributed by atoms with Crippen LogP contribution in [0.4, 0.5) is 0 Å². The summed E-state index contributed by atoms with van der Waals surface area (Å²) in [6.45, 7) is 4.23. The van der Waals surface area contributed by atoms with Gasteiger partial charge in [-0.2, -0.15) is 0 Å². The summed E-state index contributed by atoms with van der Waals surface area (Å²) in [5.74, 6) is 3.11. The summed E-state index contributed by atoms with van der Waals surface area (Å²) in [6.07, 6.45) is 0.802. The van der Waals surface area contributed by atoms with E-state index in [1.807, 2.05) is 24.3 Å². The first kappa shape index (κ1) is 19.9. The van der Waals surface area contributed by atoms with E-state index in [9.17, 15) is 0 Å². The number of ether oxygens (including phenoxy) is 5. The first-order valence-electron chi connectivity index (χ1n) is 9.03. The van der Waals surface area contributed by atoms with Crippen LogP contribution in [0.25, 0.3) is 0 Å². The van der Waals surface area contributed by atoms with Gasteiger partial charge in [0, 0.05) is 11.1 Å². The predicted molar refractivity (Wildman–Crippen MR) is 109 cm³/mol. The topological polar surface area (TPSA) is 58.5 Å². The zero-order valence-corrected chi connectivity index (χ0v) is 17.5. The van der Waals surface area contributed by atoms with E-state index in [-0.39, 0.29) is 5.54 Å². The van der Waals surface area contributed by atoms with Crippen molar-refractivity contribution in [3.63, 3.8) is 0 Å². The van der Waals surface area contributed by atoms with Crippen LogP contribution in [0.15, 0.2) is 29.3 Å². The highest BCUT2D eigenvalue weighted by Gasteiger charge is 2.30. The average Bonchev–Trinajstić information content (AvgIpc) is 2.70. The molecule has 0 bridgehead atoms. The van der Waals surface area contributed by atoms with Crippen LogP contribution in [-0.4, -0.2) is 46.8 Å². The van der Waals surface area contributed by atoms with Gasteiger partial charge in [0.1, 0.15) is 0 Å². The number of methoxy groups -OCH3 is 5. The van der Waals surface area contributed by atoms with E-state index in [2.05, 4.69) is 13.8 Å². The van der Waals surface area contributed by atoms with E-state index in [4.69, 9.17) is 28.7 Å². The Hall–Kier alpha value is -2.89. The van der Waals surface area contributed by atoms with Gasteiger partial charge >= 0.3 is 0 Å². The summed E-state index contributed by atoms with van der Waals surface area (Å²) in [7, 11) is 8.08. The molecule has 0 fully saturated rings. The summed E-state index contributed by atoms with van der Waals surface area (Å²) >= 11 is 0. The van der Waals surface area contributed by atoms with Crippen molar-refractivity contribution in [2.75, 3.05) is 35.5 Å². The Morgan fingerprint density at radius 1 is 0.714 bits per heavy atom. The second kappa shape index (κ2) is 7.62. The average molecular weight is 385 g/mol. The van der Waals surface area contributed by atoms with Crippen LogP contribution in [-0.2, 0) is 6.42 Å². The van der Waals surface area contributed by atoms with Crippen LogP contribution >= 0.6 is 0 Å². The molecule has 0 atom stereocenters. The van der Waals surface area contributed by atoms with Gasteiger partial charge in [-0.1, -0.05) is 0 Å². The Labute approximate surface area is 166 Å². The lowest BCUT2D eigenvalue weighted by Crippen LogP contribution is -2.29. The maximum atomic E-state index is 5.53. The molecule has 0 saturated heterocycles. The fourth-order valence-corrected chi connectivity index (χ4v) is 3.59. The third-order valence-electron chi connectivity index (χ3n) is 4.84. The molecule has 1 heterocycles. The highest BCUT2D eigenvalue weighted by Crippen LogP contribution is 2.42. The van der Waals surface area contributed by atoms with Crippen LogP contribution < -0.4 is 23.7 Å². The molecule has 0 saturated carbocycles. The summed E-state index contributed by atoms with van der Waals surface area (Å²) < 4.78 is 27.5. The van der Waals surface area contributed by atoms with Gasteiger partial charge in [0.15, 0.2) is 23.0 Å². The Morgan fingerprint density at radius 2 is 1.25 bits per heavy atom. The van der Waals surface area contributed by atoms with Crippen LogP contribution in [0, 0.1) is 0 Å². The van der Waals surface area contributed by atoms with E-state index < -0.39 is 0 Å². The molecule has 0 N–H and O–H groups in total. The molecule has 2 aromatic carbocycles. The maximum absolute atomic E-state index is 5.53. The van der Waals surface area contributed by atoms with Gasteiger partial charge in [0.25, 0.3) is 0 Å². The zero-order valence-electron chi connectivity index (χ0n) is 17.5. The van der Waals surface area contributed by atoms with Crippen LogP contribution in [0.1, 0.15) is 30.5 Å². The van der Waals surface area contributed by atoms with Gasteiger partial charge in [0.2, 0.25) is 5.75 Å². The van der Waals surface area contributed by atoms with Gasteiger partial charge in [0.05, 0.1) is 46.8 Å². The summed E-state index contributed by atoms with van der Waals surface area (Å²) in [5.41, 5.74) is 3.64. The van der Waals surface area contributed by atoms with E-state index in [0.29, 0.717) is 28.7 Å². The van der Waals surface area contributed by atoms with Crippen molar-refractivity contribution in [3.05, 3.63) is 41.0 Å². The number of nitrogens with zero attached hydrogens (tertiary/aromatic N) is 1. The molecule has 0 aromatic heterocycles. The van der Waals surface area contributed by atoms with E-state index in [0.717, 1.165) is 28.8 Å². The molecule has 1 aliphatic heterocycles. The molecule has 2 aromatic rings. The van der Waals surface area contributed by atoms with Crippen molar-refractivity contribution in [2.24, 2.45) is 4.99 Å². The van der Waals surface area contributed by atoms with Crippen molar-refractivity contribution in [1.82, 2.24) is 0 Å². The SMILES string of the molecule is COc1cc2c(cc1OC)C(c1cc(OC)c(OC)c(OC)c1)=NC(C)(C)C2. The van der Waals surface area contributed by atoms with Crippen molar-refractivity contribution in [2.45, 2.75) is 25.8 Å². The Balaban J connectivity index is 2.26. The van der Waals surface area contributed by atoms with Gasteiger partial charge in [-0.25, -0.2) is 0 Å². The van der Waals surface area contributed by atoms with Crippen LogP contribution in [0.3, 0.4) is 0 Å². The molecule has 3 rings (SSSR count). The molecule has 6 nitrogen and oxygen atoms in total. The molecular formula is C22H27NO5. The highest BCUT2D eigenvalue weighted by atomic mass is 16.5. The van der Waals surface area contributed by atoms with Gasteiger partial charge < -0.3 is 23.7 Å². The zero-order chi connectivity index (χ0) is 20.5. The quantitative estimate of drug-likeness (QED) is 0.755. The monoisotopic (exact) mass is 385 g/mol. The van der Waals surface area contributed by atoms with Crippen LogP contribution in [0.5, 0.6) is 28.7 Å². The lowest BCUT2D eigenvalue weighted by atomic mass is 9.84. The van der Waals surface area contributed by atoms with Crippen molar-refractivity contribution >= 4 is 5.71 Å². The van der Waals surface area contributed by atoms with Gasteiger partial charge in [-0.05, 0) is 50.1 Å². The molecule has 0 spiro atoms. The second-order valence-corrected chi connectivity index (χ2v) is 7.23. The maximum Gasteiger partial charge on any atom is 0.203 e. The lowest BCUT2D eigenvalue weighted by molar-refractivity contribution is 0.324. The molecule has 0 amide bonds. The standard InChI is InChI=1S/C22H27NO5/c1-22(2)12-14-10-16(24-3)17(25-4)11-15(14)20(23-22)13-8-18(26-5)21(28-7)19(9-13)27-6/h8-11H,12H2,1-7H3. The number of hydrogen-bond acceptors (Lipinski definition) is 6. The Morgan fingerprint density at radius 3 is 1.75 bits per heavy atom. The number of benzene rings is 2. The molecule has 0 aliphatic carbocycles. The van der Waals surface area contributed by atoms with E-state index in [1.165, 1.54) is 0 Å².